The Balaban J connectivity index is 0.000000490. The molecule has 2 heteroatoms. The fourth-order valence-corrected chi connectivity index (χ4v) is 0.675. The van der Waals surface area contributed by atoms with Crippen molar-refractivity contribution in [3.63, 3.8) is 0 Å². The minimum atomic E-state index is 0. The topological polar surface area (TPSA) is 0 Å². The SMILES string of the molecule is Br.Pc1ccccc1. The molecule has 0 nitrogen and oxygen atoms in total. The molecular weight excluding hydrogens is 183 g/mol. The predicted molar refractivity (Wildman–Crippen MR) is 46.1 cm³/mol. The summed E-state index contributed by atoms with van der Waals surface area (Å²) in [6.45, 7) is 0. The standard InChI is InChI=1S/C6H7P.BrH/c7-6-4-2-1-3-5-6;/h1-5H,7H2;1H. The highest BCUT2D eigenvalue weighted by molar-refractivity contribution is 8.93. The van der Waals surface area contributed by atoms with Crippen LogP contribution in [0.3, 0.4) is 0 Å². The summed E-state index contributed by atoms with van der Waals surface area (Å²) in [5, 5.41) is 1.24. The maximum Gasteiger partial charge on any atom is -0.0303 e. The van der Waals surface area contributed by atoms with Crippen molar-refractivity contribution < 1.29 is 0 Å². The van der Waals surface area contributed by atoms with Crippen LogP contribution in [0.4, 0.5) is 0 Å². The van der Waals surface area contributed by atoms with Crippen molar-refractivity contribution in [2.24, 2.45) is 0 Å². The zero-order valence-corrected chi connectivity index (χ0v) is 7.24. The van der Waals surface area contributed by atoms with Gasteiger partial charge in [0.15, 0.2) is 0 Å². The minimum Gasteiger partial charge on any atom is -0.114 e. The lowest BCUT2D eigenvalue weighted by Crippen LogP contribution is -1.82. The summed E-state index contributed by atoms with van der Waals surface area (Å²) in [4.78, 5) is 0. The first-order valence-electron chi connectivity index (χ1n) is 2.20. The van der Waals surface area contributed by atoms with Crippen LogP contribution in [0.5, 0.6) is 0 Å². The molecule has 44 valence electrons. The first kappa shape index (κ1) is 8.13. The number of halogens is 1. The molecule has 0 aliphatic carbocycles. The first-order valence-corrected chi connectivity index (χ1v) is 2.78. The molecular formula is C6H8BrP. The van der Waals surface area contributed by atoms with E-state index in [1.165, 1.54) is 5.30 Å². The molecule has 0 saturated carbocycles. The first-order chi connectivity index (χ1) is 3.39. The van der Waals surface area contributed by atoms with Crippen LogP contribution in [0.1, 0.15) is 0 Å². The fraction of sp³-hybridized carbons (Fsp3) is 0. The van der Waals surface area contributed by atoms with E-state index in [1.54, 1.807) is 0 Å². The molecule has 1 unspecified atom stereocenters. The van der Waals surface area contributed by atoms with Crippen LogP contribution in [0.25, 0.3) is 0 Å². The third-order valence-corrected chi connectivity index (χ3v) is 1.18. The lowest BCUT2D eigenvalue weighted by atomic mass is 10.4. The maximum atomic E-state index is 2.63. The molecule has 0 aliphatic heterocycles. The summed E-state index contributed by atoms with van der Waals surface area (Å²) in [6.07, 6.45) is 0. The van der Waals surface area contributed by atoms with Gasteiger partial charge in [-0.25, -0.2) is 0 Å². The predicted octanol–water partition coefficient (Wildman–Crippen LogP) is 1.76. The Kier molecular flexibility index (Phi) is 4.12. The van der Waals surface area contributed by atoms with E-state index in [1.807, 2.05) is 30.3 Å². The number of rotatable bonds is 0. The maximum absolute atomic E-state index is 2.63. The Morgan fingerprint density at radius 3 is 1.75 bits per heavy atom. The van der Waals surface area contributed by atoms with Gasteiger partial charge < -0.3 is 0 Å². The molecule has 1 atom stereocenters. The Bertz CT molecular complexity index is 138. The van der Waals surface area contributed by atoms with Crippen molar-refractivity contribution >= 4 is 31.5 Å². The van der Waals surface area contributed by atoms with Crippen LogP contribution in [0.2, 0.25) is 0 Å². The van der Waals surface area contributed by atoms with E-state index in [0.717, 1.165) is 0 Å². The number of hydrogen-bond acceptors (Lipinski definition) is 0. The van der Waals surface area contributed by atoms with Gasteiger partial charge in [-0.1, -0.05) is 30.3 Å². The van der Waals surface area contributed by atoms with Crippen molar-refractivity contribution in [3.8, 4) is 0 Å². The normalized spacial score (nSPS) is 7.62. The second kappa shape index (κ2) is 4.05. The van der Waals surface area contributed by atoms with Crippen LogP contribution in [-0.4, -0.2) is 0 Å². The molecule has 0 bridgehead atoms. The molecule has 0 aromatic heterocycles. The van der Waals surface area contributed by atoms with Gasteiger partial charge in [0.05, 0.1) is 0 Å². The van der Waals surface area contributed by atoms with Crippen LogP contribution < -0.4 is 5.30 Å². The average Bonchev–Trinajstić information content (AvgIpc) is 1.69. The van der Waals surface area contributed by atoms with Crippen molar-refractivity contribution in [1.82, 2.24) is 0 Å². The molecule has 0 heterocycles. The summed E-state index contributed by atoms with van der Waals surface area (Å²) in [7, 11) is 2.63. The van der Waals surface area contributed by atoms with E-state index in [9.17, 15) is 0 Å². The van der Waals surface area contributed by atoms with Gasteiger partial charge in [0.1, 0.15) is 0 Å². The van der Waals surface area contributed by atoms with Crippen LogP contribution in [-0.2, 0) is 0 Å². The van der Waals surface area contributed by atoms with Crippen LogP contribution in [0, 0.1) is 0 Å². The minimum absolute atomic E-state index is 0. The molecule has 0 N–H and O–H groups in total. The van der Waals surface area contributed by atoms with Gasteiger partial charge in [-0.05, 0) is 5.30 Å². The zero-order valence-electron chi connectivity index (χ0n) is 4.37. The highest BCUT2D eigenvalue weighted by Crippen LogP contribution is 1.86. The summed E-state index contributed by atoms with van der Waals surface area (Å²) in [5.74, 6) is 0. The van der Waals surface area contributed by atoms with Gasteiger partial charge in [-0.15, -0.1) is 26.2 Å². The van der Waals surface area contributed by atoms with Crippen molar-refractivity contribution in [1.29, 1.82) is 0 Å². The zero-order chi connectivity index (χ0) is 5.11. The molecule has 0 saturated heterocycles. The lowest BCUT2D eigenvalue weighted by Gasteiger charge is -1.82. The van der Waals surface area contributed by atoms with Gasteiger partial charge in [-0.3, -0.25) is 0 Å². The van der Waals surface area contributed by atoms with Crippen molar-refractivity contribution in [3.05, 3.63) is 30.3 Å². The summed E-state index contributed by atoms with van der Waals surface area (Å²) < 4.78 is 0. The third kappa shape index (κ3) is 2.44. The van der Waals surface area contributed by atoms with Crippen LogP contribution in [0.15, 0.2) is 30.3 Å². The molecule has 1 aromatic rings. The summed E-state index contributed by atoms with van der Waals surface area (Å²) in [6, 6.07) is 10.1. The van der Waals surface area contributed by atoms with E-state index >= 15 is 0 Å². The molecule has 1 aromatic carbocycles. The Morgan fingerprint density at radius 1 is 1.00 bits per heavy atom. The van der Waals surface area contributed by atoms with E-state index < -0.39 is 0 Å². The van der Waals surface area contributed by atoms with Crippen molar-refractivity contribution in [2.45, 2.75) is 0 Å². The van der Waals surface area contributed by atoms with Crippen LogP contribution >= 0.6 is 26.2 Å². The third-order valence-electron chi connectivity index (χ3n) is 0.800. The molecule has 0 fully saturated rings. The Morgan fingerprint density at radius 2 is 1.50 bits per heavy atom. The smallest absolute Gasteiger partial charge is 0.0303 e. The molecule has 0 amide bonds. The molecule has 8 heavy (non-hydrogen) atoms. The van der Waals surface area contributed by atoms with E-state index in [2.05, 4.69) is 9.24 Å². The molecule has 0 radical (unpaired) electrons. The molecule has 1 rings (SSSR count). The second-order valence-corrected chi connectivity index (χ2v) is 2.08. The fourth-order valence-electron chi connectivity index (χ4n) is 0.453. The number of benzene rings is 1. The van der Waals surface area contributed by atoms with E-state index in [4.69, 9.17) is 0 Å². The van der Waals surface area contributed by atoms with E-state index in [0.29, 0.717) is 0 Å². The van der Waals surface area contributed by atoms with Crippen molar-refractivity contribution in [2.75, 3.05) is 0 Å². The highest BCUT2D eigenvalue weighted by atomic mass is 79.9. The number of hydrogen-bond donors (Lipinski definition) is 0. The van der Waals surface area contributed by atoms with Gasteiger partial charge in [0.2, 0.25) is 0 Å². The van der Waals surface area contributed by atoms with E-state index in [-0.39, 0.29) is 17.0 Å². The average molecular weight is 191 g/mol. The summed E-state index contributed by atoms with van der Waals surface area (Å²) >= 11 is 0. The van der Waals surface area contributed by atoms with Gasteiger partial charge >= 0.3 is 0 Å². The second-order valence-electron chi connectivity index (χ2n) is 1.41. The Labute approximate surface area is 62.3 Å². The summed E-state index contributed by atoms with van der Waals surface area (Å²) in [5.41, 5.74) is 0. The largest absolute Gasteiger partial charge is 0.114 e. The highest BCUT2D eigenvalue weighted by Gasteiger charge is 1.72. The monoisotopic (exact) mass is 190 g/mol. The molecule has 0 spiro atoms. The Hall–Kier alpha value is 0.130. The van der Waals surface area contributed by atoms with Gasteiger partial charge in [-0.2, -0.15) is 0 Å². The lowest BCUT2D eigenvalue weighted by molar-refractivity contribution is 1.78. The molecule has 0 aliphatic rings. The van der Waals surface area contributed by atoms with Gasteiger partial charge in [0.25, 0.3) is 0 Å². The van der Waals surface area contributed by atoms with Gasteiger partial charge in [0, 0.05) is 0 Å². The quantitative estimate of drug-likeness (QED) is 0.548.